The minimum absolute atomic E-state index is 0.103. The van der Waals surface area contributed by atoms with Crippen LogP contribution in [0.1, 0.15) is 12.8 Å². The second-order valence-corrected chi connectivity index (χ2v) is 4.37. The molecule has 0 aromatic rings. The van der Waals surface area contributed by atoms with Gasteiger partial charge >= 0.3 is 5.97 Å². The van der Waals surface area contributed by atoms with E-state index in [0.29, 0.717) is 0 Å². The Morgan fingerprint density at radius 1 is 1.53 bits per heavy atom. The predicted octanol–water partition coefficient (Wildman–Crippen LogP) is -1.81. The molecule has 1 amide bonds. The van der Waals surface area contributed by atoms with Gasteiger partial charge in [0.1, 0.15) is 6.04 Å². The molecule has 0 aromatic carbocycles. The number of carboxylic acid groups (broad SMARTS) is 1. The summed E-state index contributed by atoms with van der Waals surface area (Å²) in [5.41, 5.74) is 6.75. The van der Waals surface area contributed by atoms with E-state index >= 15 is 0 Å². The van der Waals surface area contributed by atoms with Crippen LogP contribution in [0.2, 0.25) is 0 Å². The number of hydroxylamine groups is 1. The van der Waals surface area contributed by atoms with E-state index in [-0.39, 0.29) is 12.8 Å². The summed E-state index contributed by atoms with van der Waals surface area (Å²) in [4.78, 5) is 21.1. The number of nitrogens with two attached hydrogens (primary N) is 1. The Hall–Kier alpha value is -1.19. The van der Waals surface area contributed by atoms with Crippen LogP contribution in [0.15, 0.2) is 0 Å². The van der Waals surface area contributed by atoms with Crippen molar-refractivity contribution in [3.05, 3.63) is 0 Å². The molecule has 0 aromatic heterocycles. The summed E-state index contributed by atoms with van der Waals surface area (Å²) in [5.74, 6) is -1.98. The molecule has 8 nitrogen and oxygen atoms in total. The summed E-state index contributed by atoms with van der Waals surface area (Å²) in [7, 11) is -3.75. The van der Waals surface area contributed by atoms with Crippen LogP contribution in [0.4, 0.5) is 0 Å². The van der Waals surface area contributed by atoms with Crippen LogP contribution >= 0.6 is 0 Å². The maximum absolute atomic E-state index is 10.9. The molecule has 0 fully saturated rings. The fourth-order valence-corrected chi connectivity index (χ4v) is 0.828. The molecule has 0 radical (unpaired) electrons. The van der Waals surface area contributed by atoms with Gasteiger partial charge in [-0.2, -0.15) is 8.42 Å². The van der Waals surface area contributed by atoms with Crippen molar-refractivity contribution in [2.75, 3.05) is 6.26 Å². The molecular weight excluding hydrogens is 228 g/mol. The van der Waals surface area contributed by atoms with Crippen molar-refractivity contribution in [2.24, 2.45) is 5.73 Å². The van der Waals surface area contributed by atoms with Gasteiger partial charge in [-0.15, -0.1) is 4.28 Å². The van der Waals surface area contributed by atoms with Crippen LogP contribution in [0.5, 0.6) is 0 Å². The summed E-state index contributed by atoms with van der Waals surface area (Å²) in [6, 6.07) is -1.16. The van der Waals surface area contributed by atoms with Gasteiger partial charge in [-0.05, 0) is 6.42 Å². The third-order valence-corrected chi connectivity index (χ3v) is 1.69. The number of hydrogen-bond donors (Lipinski definition) is 3. The maximum atomic E-state index is 10.9. The van der Waals surface area contributed by atoms with Gasteiger partial charge in [-0.3, -0.25) is 9.59 Å². The van der Waals surface area contributed by atoms with Crippen molar-refractivity contribution in [1.82, 2.24) is 5.48 Å². The molecule has 15 heavy (non-hydrogen) atoms. The Kier molecular flexibility index (Phi) is 5.19. The minimum atomic E-state index is -3.75. The van der Waals surface area contributed by atoms with E-state index in [0.717, 1.165) is 6.26 Å². The van der Waals surface area contributed by atoms with Crippen molar-refractivity contribution in [3.8, 4) is 0 Å². The zero-order valence-electron chi connectivity index (χ0n) is 7.97. The molecule has 0 heterocycles. The van der Waals surface area contributed by atoms with Crippen molar-refractivity contribution in [2.45, 2.75) is 18.9 Å². The lowest BCUT2D eigenvalue weighted by molar-refractivity contribution is -0.138. The summed E-state index contributed by atoms with van der Waals surface area (Å²) < 4.78 is 24.8. The fraction of sp³-hybridized carbons (Fsp3) is 0.667. The zero-order valence-corrected chi connectivity index (χ0v) is 8.78. The summed E-state index contributed by atoms with van der Waals surface area (Å²) in [5, 5.41) is 8.37. The Morgan fingerprint density at radius 2 is 2.07 bits per heavy atom. The van der Waals surface area contributed by atoms with Crippen LogP contribution in [0.25, 0.3) is 0 Å². The molecule has 9 heteroatoms. The van der Waals surface area contributed by atoms with E-state index in [1.165, 1.54) is 0 Å². The van der Waals surface area contributed by atoms with E-state index in [4.69, 9.17) is 10.8 Å². The lowest BCUT2D eigenvalue weighted by Crippen LogP contribution is -2.33. The highest BCUT2D eigenvalue weighted by Gasteiger charge is 2.14. The highest BCUT2D eigenvalue weighted by atomic mass is 32.2. The molecule has 0 bridgehead atoms. The van der Waals surface area contributed by atoms with Gasteiger partial charge in [-0.1, -0.05) is 0 Å². The number of aliphatic carboxylic acids is 1. The number of carboxylic acids is 1. The molecule has 1 atom stereocenters. The van der Waals surface area contributed by atoms with E-state index in [1.54, 1.807) is 5.48 Å². The molecule has 0 saturated carbocycles. The topological polar surface area (TPSA) is 136 Å². The van der Waals surface area contributed by atoms with Crippen molar-refractivity contribution in [3.63, 3.8) is 0 Å². The second kappa shape index (κ2) is 5.63. The van der Waals surface area contributed by atoms with Crippen LogP contribution < -0.4 is 11.2 Å². The second-order valence-electron chi connectivity index (χ2n) is 2.80. The Morgan fingerprint density at radius 3 is 2.47 bits per heavy atom. The summed E-state index contributed by atoms with van der Waals surface area (Å²) in [6.07, 6.45) is 0.424. The van der Waals surface area contributed by atoms with Gasteiger partial charge in [0.2, 0.25) is 5.91 Å². The van der Waals surface area contributed by atoms with E-state index in [9.17, 15) is 18.0 Å². The molecule has 0 saturated heterocycles. The van der Waals surface area contributed by atoms with Gasteiger partial charge in [0.05, 0.1) is 6.26 Å². The van der Waals surface area contributed by atoms with Gasteiger partial charge < -0.3 is 10.8 Å². The van der Waals surface area contributed by atoms with Crippen LogP contribution in [-0.4, -0.2) is 37.7 Å². The van der Waals surface area contributed by atoms with Gasteiger partial charge in [0.25, 0.3) is 10.1 Å². The number of carbonyl (C=O) groups excluding carboxylic acids is 1. The van der Waals surface area contributed by atoms with Gasteiger partial charge in [0, 0.05) is 6.42 Å². The molecule has 0 spiro atoms. The highest BCUT2D eigenvalue weighted by Crippen LogP contribution is 1.95. The van der Waals surface area contributed by atoms with Crippen molar-refractivity contribution < 1.29 is 27.4 Å². The van der Waals surface area contributed by atoms with E-state index in [1.807, 2.05) is 0 Å². The predicted molar refractivity (Wildman–Crippen MR) is 48.9 cm³/mol. The van der Waals surface area contributed by atoms with Crippen molar-refractivity contribution >= 4 is 22.0 Å². The lowest BCUT2D eigenvalue weighted by Gasteiger charge is -2.05. The summed E-state index contributed by atoms with van der Waals surface area (Å²) >= 11 is 0. The average molecular weight is 240 g/mol. The van der Waals surface area contributed by atoms with Crippen LogP contribution in [-0.2, 0) is 24.0 Å². The number of nitrogens with one attached hydrogen (secondary N) is 1. The maximum Gasteiger partial charge on any atom is 0.320 e. The number of amides is 1. The monoisotopic (exact) mass is 240 g/mol. The fourth-order valence-electron chi connectivity index (χ4n) is 0.583. The highest BCUT2D eigenvalue weighted by molar-refractivity contribution is 7.85. The van der Waals surface area contributed by atoms with Gasteiger partial charge in [0.15, 0.2) is 0 Å². The molecule has 0 aliphatic carbocycles. The van der Waals surface area contributed by atoms with Crippen LogP contribution in [0, 0.1) is 0 Å². The standard InChI is InChI=1S/C6H12N2O6S/c1-15(12,13)14-8-5(9)3-2-4(7)6(10)11/h4H,2-3,7H2,1H3,(H,8,9)(H,10,11)/t4-/m1/s1. The third kappa shape index (κ3) is 7.85. The largest absolute Gasteiger partial charge is 0.480 e. The molecule has 0 aliphatic rings. The first-order valence-electron chi connectivity index (χ1n) is 3.88. The molecule has 88 valence electrons. The molecule has 0 rings (SSSR count). The Bertz CT molecular complexity index is 338. The SMILES string of the molecule is CS(=O)(=O)ONC(=O)CC[C@@H](N)C(=O)O. The molecule has 0 unspecified atom stereocenters. The molecule has 4 N–H and O–H groups in total. The third-order valence-electron chi connectivity index (χ3n) is 1.31. The summed E-state index contributed by atoms with van der Waals surface area (Å²) in [6.45, 7) is 0. The first kappa shape index (κ1) is 13.8. The first-order valence-corrected chi connectivity index (χ1v) is 5.69. The van der Waals surface area contributed by atoms with Crippen molar-refractivity contribution in [1.29, 1.82) is 0 Å². The van der Waals surface area contributed by atoms with Crippen LogP contribution in [0.3, 0.4) is 0 Å². The quantitative estimate of drug-likeness (QED) is 0.465. The first-order chi connectivity index (χ1) is 6.72. The normalized spacial score (nSPS) is 13.2. The van der Waals surface area contributed by atoms with Gasteiger partial charge in [-0.25, -0.2) is 5.48 Å². The molecular formula is C6H12N2O6S. The molecule has 0 aliphatic heterocycles. The average Bonchev–Trinajstić information content (AvgIpc) is 2.09. The minimum Gasteiger partial charge on any atom is -0.480 e. The Labute approximate surface area is 86.5 Å². The smallest absolute Gasteiger partial charge is 0.320 e. The van der Waals surface area contributed by atoms with E-state index in [2.05, 4.69) is 4.28 Å². The number of rotatable bonds is 6. The number of carbonyl (C=O) groups is 2. The zero-order chi connectivity index (χ0) is 12.1. The lowest BCUT2D eigenvalue weighted by atomic mass is 10.2. The van der Waals surface area contributed by atoms with E-state index < -0.39 is 28.0 Å². The Balaban J connectivity index is 3.82. The number of hydrogen-bond acceptors (Lipinski definition) is 6.